The lowest BCUT2D eigenvalue weighted by molar-refractivity contribution is 0.125. The third-order valence-corrected chi connectivity index (χ3v) is 2.09. The lowest BCUT2D eigenvalue weighted by Crippen LogP contribution is -2.38. The standard InChI is InChI=1S/C12H15FN2O/c1-3-16-9-12(2,8-14)15-11-6-4-5-10(13)7-11/h4-7,15H,3,9H2,1-2H3. The van der Waals surface area contributed by atoms with Crippen LogP contribution in [0, 0.1) is 17.1 Å². The number of nitrogens with one attached hydrogen (secondary N) is 1. The van der Waals surface area contributed by atoms with Crippen LogP contribution in [-0.2, 0) is 4.74 Å². The van der Waals surface area contributed by atoms with E-state index in [-0.39, 0.29) is 12.4 Å². The van der Waals surface area contributed by atoms with Gasteiger partial charge in [-0.25, -0.2) is 4.39 Å². The fourth-order valence-electron chi connectivity index (χ4n) is 1.29. The molecule has 0 aliphatic carbocycles. The van der Waals surface area contributed by atoms with Crippen molar-refractivity contribution in [2.75, 3.05) is 18.5 Å². The number of rotatable bonds is 5. The maximum absolute atomic E-state index is 12.9. The summed E-state index contributed by atoms with van der Waals surface area (Å²) in [5.74, 6) is -0.332. The van der Waals surface area contributed by atoms with Crippen molar-refractivity contribution in [2.45, 2.75) is 19.4 Å². The second kappa shape index (κ2) is 5.47. The van der Waals surface area contributed by atoms with Gasteiger partial charge >= 0.3 is 0 Å². The third kappa shape index (κ3) is 3.52. The number of nitriles is 1. The highest BCUT2D eigenvalue weighted by atomic mass is 19.1. The molecule has 1 atom stereocenters. The number of benzene rings is 1. The van der Waals surface area contributed by atoms with Gasteiger partial charge in [0.1, 0.15) is 11.4 Å². The first kappa shape index (κ1) is 12.5. The average molecular weight is 222 g/mol. The largest absolute Gasteiger partial charge is 0.378 e. The van der Waals surface area contributed by atoms with Gasteiger partial charge < -0.3 is 10.1 Å². The molecule has 86 valence electrons. The number of hydrogen-bond donors (Lipinski definition) is 1. The first-order valence-corrected chi connectivity index (χ1v) is 5.12. The number of anilines is 1. The Labute approximate surface area is 94.8 Å². The van der Waals surface area contributed by atoms with Crippen LogP contribution in [0.5, 0.6) is 0 Å². The fraction of sp³-hybridized carbons (Fsp3) is 0.417. The van der Waals surface area contributed by atoms with E-state index < -0.39 is 5.54 Å². The number of ether oxygens (including phenoxy) is 1. The molecule has 0 saturated carbocycles. The number of halogens is 1. The van der Waals surface area contributed by atoms with Gasteiger partial charge in [0.25, 0.3) is 0 Å². The predicted molar refractivity (Wildman–Crippen MR) is 60.5 cm³/mol. The summed E-state index contributed by atoms with van der Waals surface area (Å²) < 4.78 is 18.2. The molecule has 0 spiro atoms. The Morgan fingerprint density at radius 2 is 2.31 bits per heavy atom. The van der Waals surface area contributed by atoms with Crippen molar-refractivity contribution in [3.63, 3.8) is 0 Å². The Morgan fingerprint density at radius 1 is 1.56 bits per heavy atom. The Bertz CT molecular complexity index is 389. The Hall–Kier alpha value is -1.60. The Kier molecular flexibility index (Phi) is 4.27. The molecule has 0 aromatic heterocycles. The summed E-state index contributed by atoms with van der Waals surface area (Å²) >= 11 is 0. The molecule has 0 aliphatic heterocycles. The van der Waals surface area contributed by atoms with Crippen LogP contribution >= 0.6 is 0 Å². The van der Waals surface area contributed by atoms with Crippen LogP contribution in [-0.4, -0.2) is 18.8 Å². The van der Waals surface area contributed by atoms with E-state index >= 15 is 0 Å². The van der Waals surface area contributed by atoms with Gasteiger partial charge in [0.15, 0.2) is 0 Å². The molecule has 1 rings (SSSR count). The second-order valence-corrected chi connectivity index (χ2v) is 3.72. The van der Waals surface area contributed by atoms with Crippen LogP contribution < -0.4 is 5.32 Å². The molecule has 1 N–H and O–H groups in total. The van der Waals surface area contributed by atoms with Gasteiger partial charge in [-0.1, -0.05) is 6.07 Å². The summed E-state index contributed by atoms with van der Waals surface area (Å²) in [5, 5.41) is 12.0. The van der Waals surface area contributed by atoms with E-state index in [9.17, 15) is 4.39 Å². The van der Waals surface area contributed by atoms with Crippen molar-refractivity contribution in [1.82, 2.24) is 0 Å². The molecule has 1 aromatic carbocycles. The van der Waals surface area contributed by atoms with E-state index in [0.717, 1.165) is 0 Å². The van der Waals surface area contributed by atoms with Crippen LogP contribution in [0.3, 0.4) is 0 Å². The number of hydrogen-bond acceptors (Lipinski definition) is 3. The average Bonchev–Trinajstić information content (AvgIpc) is 2.26. The van der Waals surface area contributed by atoms with Gasteiger partial charge in [0.05, 0.1) is 12.7 Å². The van der Waals surface area contributed by atoms with E-state index in [1.165, 1.54) is 12.1 Å². The molecule has 1 unspecified atom stereocenters. The highest BCUT2D eigenvalue weighted by molar-refractivity contribution is 5.47. The quantitative estimate of drug-likeness (QED) is 0.832. The highest BCUT2D eigenvalue weighted by Gasteiger charge is 2.23. The van der Waals surface area contributed by atoms with Crippen molar-refractivity contribution in [2.24, 2.45) is 0 Å². The summed E-state index contributed by atoms with van der Waals surface area (Å²) in [6.07, 6.45) is 0. The molecule has 3 nitrogen and oxygen atoms in total. The second-order valence-electron chi connectivity index (χ2n) is 3.72. The zero-order valence-corrected chi connectivity index (χ0v) is 9.46. The van der Waals surface area contributed by atoms with Crippen molar-refractivity contribution < 1.29 is 9.13 Å². The van der Waals surface area contributed by atoms with Crippen molar-refractivity contribution in [3.8, 4) is 6.07 Å². The summed E-state index contributed by atoms with van der Waals surface area (Å²) in [5.41, 5.74) is -0.271. The maximum atomic E-state index is 12.9. The van der Waals surface area contributed by atoms with E-state index in [4.69, 9.17) is 10.00 Å². The summed E-state index contributed by atoms with van der Waals surface area (Å²) in [6.45, 7) is 4.38. The molecule has 0 saturated heterocycles. The van der Waals surface area contributed by atoms with E-state index in [1.807, 2.05) is 6.92 Å². The Morgan fingerprint density at radius 3 is 2.88 bits per heavy atom. The molecule has 4 heteroatoms. The van der Waals surface area contributed by atoms with Crippen molar-refractivity contribution in [1.29, 1.82) is 5.26 Å². The van der Waals surface area contributed by atoms with Crippen molar-refractivity contribution in [3.05, 3.63) is 30.1 Å². The SMILES string of the molecule is CCOCC(C)(C#N)Nc1cccc(F)c1. The molecule has 1 aromatic rings. The Balaban J connectivity index is 2.73. The molecule has 0 aliphatic rings. The van der Waals surface area contributed by atoms with Crippen molar-refractivity contribution >= 4 is 5.69 Å². The molecule has 0 radical (unpaired) electrons. The minimum Gasteiger partial charge on any atom is -0.378 e. The van der Waals surface area contributed by atoms with Gasteiger partial charge in [-0.3, -0.25) is 0 Å². The van der Waals surface area contributed by atoms with Crippen LogP contribution in [0.25, 0.3) is 0 Å². The lowest BCUT2D eigenvalue weighted by atomic mass is 10.1. The van der Waals surface area contributed by atoms with Crippen LogP contribution in [0.15, 0.2) is 24.3 Å². The minimum atomic E-state index is -0.843. The molecule has 0 fully saturated rings. The molecular weight excluding hydrogens is 207 g/mol. The molecule has 0 bridgehead atoms. The predicted octanol–water partition coefficient (Wildman–Crippen LogP) is 2.56. The normalized spacial score (nSPS) is 13.9. The fourth-order valence-corrected chi connectivity index (χ4v) is 1.29. The van der Waals surface area contributed by atoms with Gasteiger partial charge in [-0.05, 0) is 32.0 Å². The monoisotopic (exact) mass is 222 g/mol. The summed E-state index contributed by atoms with van der Waals surface area (Å²) in [4.78, 5) is 0. The smallest absolute Gasteiger partial charge is 0.146 e. The van der Waals surface area contributed by atoms with E-state index in [0.29, 0.717) is 12.3 Å². The molecular formula is C12H15FN2O. The first-order chi connectivity index (χ1) is 7.59. The van der Waals surface area contributed by atoms with Gasteiger partial charge in [-0.15, -0.1) is 0 Å². The molecule has 0 heterocycles. The minimum absolute atomic E-state index is 0.260. The number of nitrogens with zero attached hydrogens (tertiary/aromatic N) is 1. The van der Waals surface area contributed by atoms with Gasteiger partial charge in [0.2, 0.25) is 0 Å². The molecule has 0 amide bonds. The molecule has 16 heavy (non-hydrogen) atoms. The highest BCUT2D eigenvalue weighted by Crippen LogP contribution is 2.16. The summed E-state index contributed by atoms with van der Waals surface area (Å²) in [6, 6.07) is 8.14. The summed E-state index contributed by atoms with van der Waals surface area (Å²) in [7, 11) is 0. The van der Waals surface area contributed by atoms with Gasteiger partial charge in [0, 0.05) is 12.3 Å². The maximum Gasteiger partial charge on any atom is 0.146 e. The van der Waals surface area contributed by atoms with E-state index in [2.05, 4.69) is 11.4 Å². The first-order valence-electron chi connectivity index (χ1n) is 5.12. The van der Waals surface area contributed by atoms with Crippen LogP contribution in [0.4, 0.5) is 10.1 Å². The van der Waals surface area contributed by atoms with Crippen LogP contribution in [0.1, 0.15) is 13.8 Å². The third-order valence-electron chi connectivity index (χ3n) is 2.09. The van der Waals surface area contributed by atoms with Gasteiger partial charge in [-0.2, -0.15) is 5.26 Å². The van der Waals surface area contributed by atoms with Crippen LogP contribution in [0.2, 0.25) is 0 Å². The zero-order chi connectivity index (χ0) is 12.0. The lowest BCUT2D eigenvalue weighted by Gasteiger charge is -2.24. The topological polar surface area (TPSA) is 45.0 Å². The van der Waals surface area contributed by atoms with E-state index in [1.54, 1.807) is 19.1 Å². The zero-order valence-electron chi connectivity index (χ0n) is 9.46.